The highest BCUT2D eigenvalue weighted by molar-refractivity contribution is 7.23. The maximum atomic E-state index is 15.9. The van der Waals surface area contributed by atoms with Crippen LogP contribution < -0.4 is 15.8 Å². The Bertz CT molecular complexity index is 2050. The molecule has 4 aromatic rings. The van der Waals surface area contributed by atoms with Gasteiger partial charge in [0.1, 0.15) is 34.4 Å². The van der Waals surface area contributed by atoms with Crippen molar-refractivity contribution in [3.8, 4) is 35.0 Å². The monoisotopic (exact) mass is 745 g/mol. The number of ether oxygens (including phenoxy) is 1. The molecule has 0 spiro atoms. The normalized spacial score (nSPS) is 18.1. The van der Waals surface area contributed by atoms with Crippen LogP contribution in [-0.2, 0) is 11.0 Å². The van der Waals surface area contributed by atoms with Crippen LogP contribution in [0.2, 0.25) is 0 Å². The number of benzene rings is 2. The van der Waals surface area contributed by atoms with Crippen molar-refractivity contribution in [1.82, 2.24) is 19.8 Å². The molecule has 3 fully saturated rings. The van der Waals surface area contributed by atoms with Crippen molar-refractivity contribution >= 4 is 49.1 Å². The van der Waals surface area contributed by atoms with Crippen molar-refractivity contribution < 1.29 is 35.9 Å². The van der Waals surface area contributed by atoms with E-state index < -0.39 is 40.6 Å². The molecule has 1 amide bonds. The van der Waals surface area contributed by atoms with Crippen LogP contribution in [0.4, 0.5) is 37.2 Å². The summed E-state index contributed by atoms with van der Waals surface area (Å²) < 4.78 is 90.2. The Hall–Kier alpha value is -4.80. The highest BCUT2D eigenvalue weighted by Crippen LogP contribution is 2.47. The minimum absolute atomic E-state index is 0.0139. The lowest BCUT2D eigenvalue weighted by molar-refractivity contribution is -0.137. The number of carbonyl (C=O) groups excluding carboxylic acids is 1. The van der Waals surface area contributed by atoms with Gasteiger partial charge in [-0.05, 0) is 76.1 Å². The molecule has 2 aromatic heterocycles. The number of carbonyl (C=O) groups is 1. The fraction of sp³-hybridized carbons (Fsp3) is 0.444. The van der Waals surface area contributed by atoms with Gasteiger partial charge in [0.25, 0.3) is 5.91 Å². The largest absolute Gasteiger partial charge is 0.467 e. The topological polar surface area (TPSA) is 120 Å². The average Bonchev–Trinajstić information content (AvgIpc) is 3.91. The molecule has 0 aliphatic carbocycles. The third-order valence-electron chi connectivity index (χ3n) is 9.03. The highest BCUT2D eigenvalue weighted by atomic mass is 32.1. The van der Waals surface area contributed by atoms with E-state index in [1.165, 1.54) is 20.0 Å². The van der Waals surface area contributed by atoms with Crippen LogP contribution in [0.1, 0.15) is 57.1 Å². The van der Waals surface area contributed by atoms with Gasteiger partial charge in [0.15, 0.2) is 5.82 Å². The molecule has 2 aromatic carbocycles. The molecule has 3 N–H and O–H groups in total. The number of halogens is 6. The Kier molecular flexibility index (Phi) is 12.0. The smallest absolute Gasteiger partial charge is 0.417 e. The van der Waals surface area contributed by atoms with E-state index in [0.29, 0.717) is 23.9 Å². The summed E-state index contributed by atoms with van der Waals surface area (Å²) >= 11 is 0.698. The molecule has 0 radical (unpaired) electrons. The first-order valence-corrected chi connectivity index (χ1v) is 17.5. The molecule has 3 aliphatic heterocycles. The van der Waals surface area contributed by atoms with Crippen molar-refractivity contribution in [2.45, 2.75) is 64.3 Å². The maximum absolute atomic E-state index is 15.9. The minimum Gasteiger partial charge on any atom is -0.467 e. The molecule has 16 heteroatoms. The van der Waals surface area contributed by atoms with E-state index >= 15 is 4.39 Å². The number of nitrogens with one attached hydrogen (secondary N) is 1. The standard InChI is InChI=1S/C21H14F5N5OS.C8H11NO.C7H12FN/c1-3-29-19-9-6-11(21(24,25)26)14(15(23)16(9)30-20(31-19)32-2)8-4-5-12(22)17-13(8)10(7-27)18(28)33-17;1-2-5-8(10)9-6-3-4-7-9;8-6-4-7-2-1-3-9(7)5-6/h4-6H,3,28H2,1-2H3,(H,29,30,31);3-4,6-7H2,1H3;6-7H,1-5H2. The number of anilines is 2. The van der Waals surface area contributed by atoms with Crippen molar-refractivity contribution in [1.29, 1.82) is 5.26 Å². The van der Waals surface area contributed by atoms with E-state index in [9.17, 15) is 32.0 Å². The number of nitriles is 1. The van der Waals surface area contributed by atoms with Gasteiger partial charge in [-0.1, -0.05) is 12.0 Å². The lowest BCUT2D eigenvalue weighted by atomic mass is 9.92. The number of amides is 1. The van der Waals surface area contributed by atoms with Crippen LogP contribution in [-0.4, -0.2) is 77.7 Å². The molecular weight excluding hydrogens is 708 g/mol. The zero-order chi connectivity index (χ0) is 37.7. The summed E-state index contributed by atoms with van der Waals surface area (Å²) in [7, 11) is 1.23. The molecule has 2 unspecified atom stereocenters. The van der Waals surface area contributed by atoms with Gasteiger partial charge in [0.05, 0.1) is 22.9 Å². The molecule has 2 atom stereocenters. The average molecular weight is 746 g/mol. The number of aromatic nitrogens is 2. The molecule has 0 saturated carbocycles. The predicted molar refractivity (Wildman–Crippen MR) is 188 cm³/mol. The van der Waals surface area contributed by atoms with E-state index in [4.69, 9.17) is 10.5 Å². The Labute approximate surface area is 300 Å². The summed E-state index contributed by atoms with van der Waals surface area (Å²) in [5.41, 5.74) is 2.59. The van der Waals surface area contributed by atoms with Gasteiger partial charge >= 0.3 is 12.2 Å². The first-order valence-electron chi connectivity index (χ1n) is 16.7. The summed E-state index contributed by atoms with van der Waals surface area (Å²) in [5.74, 6) is 2.96. The van der Waals surface area contributed by atoms with Crippen LogP contribution in [0.25, 0.3) is 32.1 Å². The molecule has 3 aliphatic rings. The first-order chi connectivity index (χ1) is 24.8. The molecule has 3 saturated heterocycles. The van der Waals surface area contributed by atoms with Gasteiger partial charge in [-0.3, -0.25) is 9.69 Å². The van der Waals surface area contributed by atoms with Crippen LogP contribution in [0.3, 0.4) is 0 Å². The van der Waals surface area contributed by atoms with Crippen LogP contribution >= 0.6 is 11.3 Å². The second-order valence-corrected chi connectivity index (χ2v) is 13.4. The number of thiophene rings is 1. The lowest BCUT2D eigenvalue weighted by Crippen LogP contribution is -2.25. The van der Waals surface area contributed by atoms with E-state index in [1.807, 2.05) is 0 Å². The SMILES string of the molecule is CC#CC(=O)N1CCCC1.CCNc1nc(OC)nc2c(F)c(-c3ccc(F)c4sc(N)c(C#N)c34)c(C(F)(F)F)cc12.FC1CC2CCCN2C1. The van der Waals surface area contributed by atoms with Crippen LogP contribution in [0.15, 0.2) is 18.2 Å². The number of hydrogen-bond acceptors (Lipinski definition) is 9. The van der Waals surface area contributed by atoms with Crippen LogP contribution in [0.5, 0.6) is 6.01 Å². The summed E-state index contributed by atoms with van der Waals surface area (Å²) in [6.07, 6.45) is 0.0878. The van der Waals surface area contributed by atoms with E-state index in [1.54, 1.807) is 24.8 Å². The Morgan fingerprint density at radius 3 is 2.52 bits per heavy atom. The molecule has 52 heavy (non-hydrogen) atoms. The molecule has 276 valence electrons. The van der Waals surface area contributed by atoms with Crippen molar-refractivity contribution in [3.63, 3.8) is 0 Å². The second kappa shape index (κ2) is 16.3. The Morgan fingerprint density at radius 2 is 1.90 bits per heavy atom. The summed E-state index contributed by atoms with van der Waals surface area (Å²) in [6, 6.07) is 4.75. The van der Waals surface area contributed by atoms with Gasteiger partial charge in [-0.2, -0.15) is 28.4 Å². The van der Waals surface area contributed by atoms with Crippen LogP contribution in [0, 0.1) is 34.8 Å². The maximum Gasteiger partial charge on any atom is 0.417 e. The molecule has 9 nitrogen and oxygen atoms in total. The van der Waals surface area contributed by atoms with Gasteiger partial charge in [0, 0.05) is 48.6 Å². The number of methoxy groups -OCH3 is 1. The fourth-order valence-corrected chi connectivity index (χ4v) is 7.68. The zero-order valence-electron chi connectivity index (χ0n) is 28.8. The molecule has 7 rings (SSSR count). The van der Waals surface area contributed by atoms with Crippen molar-refractivity contribution in [2.75, 3.05) is 50.9 Å². The number of likely N-dealkylation sites (tertiary alicyclic amines) is 1. The predicted octanol–water partition coefficient (Wildman–Crippen LogP) is 7.53. The minimum atomic E-state index is -5.00. The molecule has 0 bridgehead atoms. The number of nitrogen functional groups attached to an aromatic ring is 1. The fourth-order valence-electron chi connectivity index (χ4n) is 6.73. The van der Waals surface area contributed by atoms with Gasteiger partial charge in [0.2, 0.25) is 0 Å². The number of hydrogen-bond donors (Lipinski definition) is 2. The first kappa shape index (κ1) is 38.4. The summed E-state index contributed by atoms with van der Waals surface area (Å²) in [6.45, 7) is 7.32. The lowest BCUT2D eigenvalue weighted by Gasteiger charge is -2.18. The van der Waals surface area contributed by atoms with E-state index in [-0.39, 0.29) is 55.9 Å². The summed E-state index contributed by atoms with van der Waals surface area (Å²) in [4.78, 5) is 23.0. The van der Waals surface area contributed by atoms with E-state index in [0.717, 1.165) is 57.1 Å². The van der Waals surface area contributed by atoms with Crippen molar-refractivity contribution in [3.05, 3.63) is 41.0 Å². The Balaban J connectivity index is 0.000000221. The number of alkyl halides is 4. The van der Waals surface area contributed by atoms with Crippen molar-refractivity contribution in [2.24, 2.45) is 0 Å². The van der Waals surface area contributed by atoms with Gasteiger partial charge in [-0.25, -0.2) is 13.2 Å². The number of rotatable bonds is 4. The van der Waals surface area contributed by atoms with Gasteiger partial charge in [-0.15, -0.1) is 11.3 Å². The zero-order valence-corrected chi connectivity index (χ0v) is 29.6. The van der Waals surface area contributed by atoms with Gasteiger partial charge < -0.3 is 20.7 Å². The Morgan fingerprint density at radius 1 is 1.17 bits per heavy atom. The van der Waals surface area contributed by atoms with E-state index in [2.05, 4.69) is 32.0 Å². The number of nitrogens with two attached hydrogens (primary N) is 1. The number of fused-ring (bicyclic) bond motifs is 3. The highest BCUT2D eigenvalue weighted by Gasteiger charge is 2.38. The third kappa shape index (κ3) is 7.98. The second-order valence-electron chi connectivity index (χ2n) is 12.3. The third-order valence-corrected chi connectivity index (χ3v) is 10.1. The molecular formula is C36H37F6N7O2S. The summed E-state index contributed by atoms with van der Waals surface area (Å²) in [5, 5.41) is 11.8. The molecule has 5 heterocycles. The number of nitrogens with zero attached hydrogens (tertiary/aromatic N) is 5. The quantitative estimate of drug-likeness (QED) is 0.163.